The maximum Gasteiger partial charge on any atom is 0.307 e. The third-order valence-corrected chi connectivity index (χ3v) is 6.09. The zero-order chi connectivity index (χ0) is 15.6. The summed E-state index contributed by atoms with van der Waals surface area (Å²) in [6.07, 6.45) is 2.04. The average molecular weight is 299 g/mol. The molecular formula is C18H21NO3. The van der Waals surface area contributed by atoms with Crippen molar-refractivity contribution in [3.8, 4) is 0 Å². The molecule has 2 heterocycles. The largest absolute Gasteiger partial charge is 0.481 e. The van der Waals surface area contributed by atoms with Gasteiger partial charge in [-0.2, -0.15) is 0 Å². The molecule has 1 aromatic rings. The van der Waals surface area contributed by atoms with Crippen LogP contribution in [0.2, 0.25) is 0 Å². The molecule has 1 saturated heterocycles. The van der Waals surface area contributed by atoms with Crippen LogP contribution >= 0.6 is 0 Å². The number of hydrogen-bond donors (Lipinski definition) is 1. The van der Waals surface area contributed by atoms with E-state index in [0.717, 1.165) is 19.4 Å². The molecule has 2 fully saturated rings. The van der Waals surface area contributed by atoms with Crippen molar-refractivity contribution in [3.63, 3.8) is 0 Å². The summed E-state index contributed by atoms with van der Waals surface area (Å²) in [4.78, 5) is 26.3. The van der Waals surface area contributed by atoms with Crippen LogP contribution in [-0.4, -0.2) is 28.4 Å². The van der Waals surface area contributed by atoms with Crippen LogP contribution < -0.4 is 0 Å². The Hall–Kier alpha value is -1.84. The fourth-order valence-electron chi connectivity index (χ4n) is 5.33. The van der Waals surface area contributed by atoms with Gasteiger partial charge in [0.05, 0.1) is 11.5 Å². The monoisotopic (exact) mass is 299 g/mol. The number of carbonyl (C=O) groups excluding carboxylic acids is 1. The molecule has 4 rings (SSSR count). The topological polar surface area (TPSA) is 57.6 Å². The fourth-order valence-corrected chi connectivity index (χ4v) is 5.33. The predicted octanol–water partition coefficient (Wildman–Crippen LogP) is 2.34. The third-order valence-electron chi connectivity index (χ3n) is 6.09. The van der Waals surface area contributed by atoms with Crippen LogP contribution in [0.25, 0.3) is 0 Å². The summed E-state index contributed by atoms with van der Waals surface area (Å²) in [5, 5.41) is 9.68. The van der Waals surface area contributed by atoms with Gasteiger partial charge in [-0.05, 0) is 36.8 Å². The van der Waals surface area contributed by atoms with E-state index in [2.05, 4.69) is 25.1 Å². The van der Waals surface area contributed by atoms with Gasteiger partial charge in [0.2, 0.25) is 5.91 Å². The van der Waals surface area contributed by atoms with Crippen LogP contribution in [0.1, 0.15) is 36.5 Å². The van der Waals surface area contributed by atoms with Crippen molar-refractivity contribution in [3.05, 3.63) is 34.9 Å². The number of carbonyl (C=O) groups is 2. The van der Waals surface area contributed by atoms with Gasteiger partial charge in [0.15, 0.2) is 0 Å². The standard InChI is InChI=1S/C18H21NO3/c1-10-3-4-12-5-6-19-15(20)8-14-16(17(21)22)11(2)9-18(14,19)13(12)7-10/h3-4,7,11,14,16H,5-6,8-9H2,1-2H3,(H,21,22)/t11-,14-,16+,18-/m0/s1. The Morgan fingerprint density at radius 3 is 2.91 bits per heavy atom. The van der Waals surface area contributed by atoms with Crippen LogP contribution in [0.3, 0.4) is 0 Å². The number of carboxylic acids is 1. The van der Waals surface area contributed by atoms with Crippen molar-refractivity contribution in [2.24, 2.45) is 17.8 Å². The van der Waals surface area contributed by atoms with Gasteiger partial charge >= 0.3 is 5.97 Å². The lowest BCUT2D eigenvalue weighted by atomic mass is 9.74. The normalized spacial score (nSPS) is 36.0. The van der Waals surface area contributed by atoms with E-state index in [1.54, 1.807) is 0 Å². The van der Waals surface area contributed by atoms with Gasteiger partial charge in [-0.15, -0.1) is 0 Å². The van der Waals surface area contributed by atoms with Gasteiger partial charge in [0.1, 0.15) is 0 Å². The first-order valence-corrected chi connectivity index (χ1v) is 8.08. The number of aliphatic carboxylic acids is 1. The van der Waals surface area contributed by atoms with E-state index < -0.39 is 11.9 Å². The Balaban J connectivity index is 1.94. The molecule has 3 aliphatic rings. The number of benzene rings is 1. The zero-order valence-corrected chi connectivity index (χ0v) is 13.0. The lowest BCUT2D eigenvalue weighted by Crippen LogP contribution is -2.49. The summed E-state index contributed by atoms with van der Waals surface area (Å²) in [7, 11) is 0. The maximum atomic E-state index is 12.5. The minimum absolute atomic E-state index is 0.0895. The van der Waals surface area contributed by atoms with Crippen LogP contribution in [0.5, 0.6) is 0 Å². The average Bonchev–Trinajstić information content (AvgIpc) is 2.87. The third kappa shape index (κ3) is 1.53. The Morgan fingerprint density at radius 2 is 2.18 bits per heavy atom. The Labute approximate surface area is 130 Å². The summed E-state index contributed by atoms with van der Waals surface area (Å²) >= 11 is 0. The van der Waals surface area contributed by atoms with Crippen molar-refractivity contribution < 1.29 is 14.7 Å². The molecule has 1 amide bonds. The van der Waals surface area contributed by atoms with E-state index in [9.17, 15) is 14.7 Å². The number of rotatable bonds is 1. The number of nitrogens with zero attached hydrogens (tertiary/aromatic N) is 1. The molecule has 116 valence electrons. The number of aryl methyl sites for hydroxylation is 1. The molecule has 1 saturated carbocycles. The molecular weight excluding hydrogens is 278 g/mol. The van der Waals surface area contributed by atoms with Crippen LogP contribution in [0.4, 0.5) is 0 Å². The van der Waals surface area contributed by atoms with Gasteiger partial charge in [0.25, 0.3) is 0 Å². The first-order valence-electron chi connectivity index (χ1n) is 8.08. The van der Waals surface area contributed by atoms with Crippen molar-refractivity contribution in [1.82, 2.24) is 4.90 Å². The van der Waals surface area contributed by atoms with Crippen molar-refractivity contribution in [2.75, 3.05) is 6.54 Å². The van der Waals surface area contributed by atoms with E-state index in [1.807, 2.05) is 11.8 Å². The zero-order valence-electron chi connectivity index (χ0n) is 13.0. The van der Waals surface area contributed by atoms with Crippen LogP contribution in [0, 0.1) is 24.7 Å². The Bertz CT molecular complexity index is 683. The molecule has 4 heteroatoms. The van der Waals surface area contributed by atoms with E-state index in [4.69, 9.17) is 0 Å². The highest BCUT2D eigenvalue weighted by Gasteiger charge is 2.65. The maximum absolute atomic E-state index is 12.5. The van der Waals surface area contributed by atoms with E-state index in [0.29, 0.717) is 6.42 Å². The quantitative estimate of drug-likeness (QED) is 0.866. The second kappa shape index (κ2) is 4.34. The van der Waals surface area contributed by atoms with Gasteiger partial charge in [-0.1, -0.05) is 30.7 Å². The predicted molar refractivity (Wildman–Crippen MR) is 81.3 cm³/mol. The molecule has 1 spiro atoms. The van der Waals surface area contributed by atoms with E-state index in [-0.39, 0.29) is 23.3 Å². The minimum Gasteiger partial charge on any atom is -0.481 e. The van der Waals surface area contributed by atoms with Gasteiger partial charge < -0.3 is 10.0 Å². The van der Waals surface area contributed by atoms with Gasteiger partial charge in [-0.3, -0.25) is 9.59 Å². The highest BCUT2D eigenvalue weighted by atomic mass is 16.4. The molecule has 22 heavy (non-hydrogen) atoms. The number of carboxylic acid groups (broad SMARTS) is 1. The summed E-state index contributed by atoms with van der Waals surface area (Å²) in [5.41, 5.74) is 3.31. The fraction of sp³-hybridized carbons (Fsp3) is 0.556. The van der Waals surface area contributed by atoms with Crippen LogP contribution in [0.15, 0.2) is 18.2 Å². The number of hydrogen-bond acceptors (Lipinski definition) is 2. The van der Waals surface area contributed by atoms with E-state index >= 15 is 0 Å². The minimum atomic E-state index is -0.746. The van der Waals surface area contributed by atoms with Gasteiger partial charge in [-0.25, -0.2) is 0 Å². The number of amides is 1. The molecule has 2 aliphatic heterocycles. The highest BCUT2D eigenvalue weighted by molar-refractivity contribution is 5.84. The second-order valence-corrected chi connectivity index (χ2v) is 7.24. The molecule has 0 radical (unpaired) electrons. The summed E-state index contributed by atoms with van der Waals surface area (Å²) in [6.45, 7) is 4.82. The molecule has 0 unspecified atom stereocenters. The summed E-state index contributed by atoms with van der Waals surface area (Å²) in [6, 6.07) is 6.46. The lowest BCUT2D eigenvalue weighted by Gasteiger charge is -2.44. The second-order valence-electron chi connectivity index (χ2n) is 7.24. The molecule has 0 aromatic heterocycles. The summed E-state index contributed by atoms with van der Waals surface area (Å²) in [5.74, 6) is -1.02. The molecule has 4 nitrogen and oxygen atoms in total. The molecule has 1 N–H and O–H groups in total. The Kier molecular flexibility index (Phi) is 2.72. The molecule has 1 aliphatic carbocycles. The smallest absolute Gasteiger partial charge is 0.307 e. The van der Waals surface area contributed by atoms with Crippen molar-refractivity contribution in [1.29, 1.82) is 0 Å². The lowest BCUT2D eigenvalue weighted by molar-refractivity contribution is -0.144. The van der Waals surface area contributed by atoms with Crippen LogP contribution in [-0.2, 0) is 21.5 Å². The first kappa shape index (κ1) is 13.8. The molecule has 1 aromatic carbocycles. The number of fused-ring (bicyclic) bond motifs is 1. The summed E-state index contributed by atoms with van der Waals surface area (Å²) < 4.78 is 0. The SMILES string of the molecule is Cc1ccc2c(c1)[C@@]13C[C@H](C)[C@@H](C(=O)O)[C@@H]1CC(=O)N3CC2. The van der Waals surface area contributed by atoms with E-state index in [1.165, 1.54) is 16.7 Å². The van der Waals surface area contributed by atoms with Crippen molar-refractivity contribution in [2.45, 2.75) is 38.6 Å². The molecule has 0 bridgehead atoms. The first-order chi connectivity index (χ1) is 10.4. The van der Waals surface area contributed by atoms with Gasteiger partial charge in [0, 0.05) is 18.9 Å². The van der Waals surface area contributed by atoms with Crippen molar-refractivity contribution >= 4 is 11.9 Å². The molecule has 4 atom stereocenters. The Morgan fingerprint density at radius 1 is 1.41 bits per heavy atom. The highest BCUT2D eigenvalue weighted by Crippen LogP contribution is 2.60.